The predicted octanol–water partition coefficient (Wildman–Crippen LogP) is 6.79. The van der Waals surface area contributed by atoms with Crippen molar-refractivity contribution in [1.29, 1.82) is 0 Å². The van der Waals surface area contributed by atoms with Crippen molar-refractivity contribution in [3.05, 3.63) is 95.1 Å². The summed E-state index contributed by atoms with van der Waals surface area (Å²) in [5.74, 6) is -4.18. The van der Waals surface area contributed by atoms with E-state index in [1.54, 1.807) is 0 Å². The number of benzene rings is 3. The van der Waals surface area contributed by atoms with Crippen LogP contribution >= 0.6 is 0 Å². The molecular weight excluding hydrogens is 637 g/mol. The molecule has 1 aliphatic carbocycles. The van der Waals surface area contributed by atoms with E-state index in [1.165, 1.54) is 0 Å². The maximum absolute atomic E-state index is 15.7. The first kappa shape index (κ1) is 33.3. The van der Waals surface area contributed by atoms with Gasteiger partial charge in [0.05, 0.1) is 27.9 Å². The van der Waals surface area contributed by atoms with Gasteiger partial charge in [0.15, 0.2) is 21.4 Å². The molecule has 1 saturated heterocycles. The lowest BCUT2D eigenvalue weighted by Crippen LogP contribution is -2.63. The Morgan fingerprint density at radius 2 is 1.62 bits per heavy atom. The van der Waals surface area contributed by atoms with Crippen molar-refractivity contribution < 1.29 is 43.5 Å². The van der Waals surface area contributed by atoms with E-state index in [1.807, 2.05) is 30.3 Å². The molecule has 2 fully saturated rings. The first-order valence-electron chi connectivity index (χ1n) is 14.3. The van der Waals surface area contributed by atoms with Gasteiger partial charge in [0.1, 0.15) is 10.6 Å². The van der Waals surface area contributed by atoms with Crippen LogP contribution in [0.3, 0.4) is 0 Å². The molecule has 2 heterocycles. The second kappa shape index (κ2) is 12.0. The van der Waals surface area contributed by atoms with Gasteiger partial charge < -0.3 is 4.74 Å². The lowest BCUT2D eigenvalue weighted by molar-refractivity contribution is -0.137. The number of aryl methyl sites for hydroxylation is 1. The summed E-state index contributed by atoms with van der Waals surface area (Å²) in [5, 5.41) is -0.865. The highest BCUT2D eigenvalue weighted by Gasteiger charge is 2.64. The van der Waals surface area contributed by atoms with E-state index in [0.717, 1.165) is 29.8 Å². The number of sulfonamides is 1. The number of hydrogen-bond acceptors (Lipinski definition) is 5. The van der Waals surface area contributed by atoms with Crippen LogP contribution in [0.15, 0.2) is 71.6 Å². The Hall–Kier alpha value is -3.03. The molecule has 5 atom stereocenters. The Morgan fingerprint density at radius 1 is 0.956 bits per heavy atom. The van der Waals surface area contributed by atoms with E-state index < -0.39 is 87.3 Å². The summed E-state index contributed by atoms with van der Waals surface area (Å²) in [4.78, 5) is -0.471. The van der Waals surface area contributed by atoms with Gasteiger partial charge in [-0.25, -0.2) is 30.3 Å². The van der Waals surface area contributed by atoms with Crippen LogP contribution in [0.4, 0.5) is 22.0 Å². The number of halogens is 5. The van der Waals surface area contributed by atoms with E-state index in [-0.39, 0.29) is 33.3 Å². The molecule has 0 bridgehead atoms. The molecule has 3 aliphatic rings. The molecule has 6 nitrogen and oxygen atoms in total. The number of nitrogens with one attached hydrogen (secondary N) is 1. The van der Waals surface area contributed by atoms with E-state index in [2.05, 4.69) is 4.72 Å². The number of rotatable bonds is 6. The number of alkyl halides is 3. The average molecular weight is 672 g/mol. The largest absolute Gasteiger partial charge is 0.490 e. The fourth-order valence-electron chi connectivity index (χ4n) is 7.37. The summed E-state index contributed by atoms with van der Waals surface area (Å²) < 4.78 is 133. The topological polar surface area (TPSA) is 89.5 Å². The van der Waals surface area contributed by atoms with Crippen LogP contribution in [0.2, 0.25) is 0 Å². The van der Waals surface area contributed by atoms with Gasteiger partial charge in [-0.05, 0) is 86.4 Å². The van der Waals surface area contributed by atoms with Crippen LogP contribution in [0.5, 0.6) is 5.75 Å². The zero-order chi connectivity index (χ0) is 31.5. The van der Waals surface area contributed by atoms with Crippen LogP contribution in [-0.2, 0) is 37.2 Å². The summed E-state index contributed by atoms with van der Waals surface area (Å²) in [6.45, 7) is -0.340. The zero-order valence-electron chi connectivity index (χ0n) is 23.4. The average Bonchev–Trinajstić information content (AvgIpc) is 2.98. The standard InChI is InChI=1S/C31H30F5NO5S2.CH4/c32-25-13-14-26(33)29-28(25)30(43(38,39)21-11-9-20(10-12-21)31(34,35)36)16-15-27-23(24(30)18-42-29)17-22(44(40,41)37-27)8-4-7-19-5-2-1-3-6-19;/h1-3,5-6,9-14,22-24,27,37H,4,7-8,15-18H2;1H4/t22-,23+,24+,27-,30+;/m1./s1. The first-order chi connectivity index (χ1) is 20.8. The van der Waals surface area contributed by atoms with E-state index in [4.69, 9.17) is 4.74 Å². The van der Waals surface area contributed by atoms with E-state index in [0.29, 0.717) is 31.4 Å². The Labute approximate surface area is 260 Å². The normalized spacial score (nSPS) is 27.2. The molecule has 0 spiro atoms. The summed E-state index contributed by atoms with van der Waals surface area (Å²) in [7, 11) is -8.45. The summed E-state index contributed by atoms with van der Waals surface area (Å²) in [5.41, 5.74) is -0.513. The fourth-order valence-corrected chi connectivity index (χ4v) is 11.6. The predicted molar refractivity (Wildman–Crippen MR) is 159 cm³/mol. The number of ether oxygens (including phenoxy) is 1. The molecule has 3 aromatic carbocycles. The van der Waals surface area contributed by atoms with Gasteiger partial charge in [-0.2, -0.15) is 13.2 Å². The highest BCUT2D eigenvalue weighted by Crippen LogP contribution is 2.59. The second-order valence-corrected chi connectivity index (χ2v) is 16.0. The fraction of sp³-hybridized carbons (Fsp3) is 0.438. The molecule has 0 aromatic heterocycles. The highest BCUT2D eigenvalue weighted by molar-refractivity contribution is 7.92. The highest BCUT2D eigenvalue weighted by atomic mass is 32.2. The zero-order valence-corrected chi connectivity index (χ0v) is 25.0. The molecule has 244 valence electrons. The van der Waals surface area contributed by atoms with Gasteiger partial charge in [-0.1, -0.05) is 37.8 Å². The molecule has 1 saturated carbocycles. The van der Waals surface area contributed by atoms with Crippen LogP contribution in [0.25, 0.3) is 0 Å². The SMILES string of the molecule is C.O=S1(=O)N[C@@H]2CC[C@@]3(S(=O)(=O)c4ccc(C(F)(F)F)cc4)c4c(F)ccc(F)c4OC[C@H]3[C@@H]2C[C@H]1CCCc1ccccc1. The summed E-state index contributed by atoms with van der Waals surface area (Å²) in [6.07, 6.45) is -3.47. The molecule has 3 aromatic rings. The minimum atomic E-state index is -4.71. The van der Waals surface area contributed by atoms with Gasteiger partial charge in [0.25, 0.3) is 0 Å². The molecular formula is C32H34F5NO5S2. The third-order valence-electron chi connectivity index (χ3n) is 9.44. The third-order valence-corrected chi connectivity index (χ3v) is 13.9. The first-order valence-corrected chi connectivity index (χ1v) is 17.4. The second-order valence-electron chi connectivity index (χ2n) is 11.8. The minimum absolute atomic E-state index is 0. The Morgan fingerprint density at radius 3 is 2.29 bits per heavy atom. The van der Waals surface area contributed by atoms with Crippen molar-refractivity contribution in [3.8, 4) is 5.75 Å². The summed E-state index contributed by atoms with van der Waals surface area (Å²) >= 11 is 0. The number of hydrogen-bond donors (Lipinski definition) is 1. The van der Waals surface area contributed by atoms with Crippen molar-refractivity contribution in [1.82, 2.24) is 4.72 Å². The lowest BCUT2D eigenvalue weighted by Gasteiger charge is -2.55. The van der Waals surface area contributed by atoms with Gasteiger partial charge in [0, 0.05) is 12.0 Å². The van der Waals surface area contributed by atoms with Crippen LogP contribution in [-0.4, -0.2) is 34.7 Å². The molecule has 45 heavy (non-hydrogen) atoms. The molecule has 6 rings (SSSR count). The molecule has 1 N–H and O–H groups in total. The minimum Gasteiger partial charge on any atom is -0.490 e. The molecule has 0 radical (unpaired) electrons. The number of sulfone groups is 1. The third kappa shape index (κ3) is 5.65. The van der Waals surface area contributed by atoms with Crippen molar-refractivity contribution >= 4 is 19.9 Å². The van der Waals surface area contributed by atoms with Gasteiger partial charge >= 0.3 is 6.18 Å². The molecule has 0 amide bonds. The van der Waals surface area contributed by atoms with Gasteiger partial charge in [-0.3, -0.25) is 0 Å². The Bertz CT molecular complexity index is 1770. The monoisotopic (exact) mass is 671 g/mol. The smallest absolute Gasteiger partial charge is 0.416 e. The number of fused-ring (bicyclic) bond motifs is 5. The maximum Gasteiger partial charge on any atom is 0.416 e. The molecule has 2 aliphatic heterocycles. The van der Waals surface area contributed by atoms with Gasteiger partial charge in [0.2, 0.25) is 10.0 Å². The van der Waals surface area contributed by atoms with Crippen molar-refractivity contribution in [2.75, 3.05) is 6.61 Å². The van der Waals surface area contributed by atoms with Crippen LogP contribution in [0.1, 0.15) is 56.2 Å². The Kier molecular flexibility index (Phi) is 8.86. The quantitative estimate of drug-likeness (QED) is 0.292. The van der Waals surface area contributed by atoms with Crippen molar-refractivity contribution in [3.63, 3.8) is 0 Å². The maximum atomic E-state index is 15.7. The van der Waals surface area contributed by atoms with Gasteiger partial charge in [-0.15, -0.1) is 0 Å². The van der Waals surface area contributed by atoms with Crippen molar-refractivity contribution in [2.24, 2.45) is 11.8 Å². The van der Waals surface area contributed by atoms with E-state index in [9.17, 15) is 30.0 Å². The molecule has 0 unspecified atom stereocenters. The molecule has 13 heteroatoms. The summed E-state index contributed by atoms with van der Waals surface area (Å²) in [6, 6.07) is 13.5. The lowest BCUT2D eigenvalue weighted by atomic mass is 9.64. The van der Waals surface area contributed by atoms with Crippen molar-refractivity contribution in [2.45, 2.75) is 73.1 Å². The van der Waals surface area contributed by atoms with Crippen LogP contribution < -0.4 is 9.46 Å². The Balaban J connectivity index is 0.00000400. The van der Waals surface area contributed by atoms with E-state index >= 15 is 8.78 Å². The van der Waals surface area contributed by atoms with Crippen LogP contribution in [0, 0.1) is 23.5 Å².